The molecule has 0 radical (unpaired) electrons. The number of anilines is 1. The SMILES string of the molecule is COc1ccc(C(=O)Nc2cc(C)cc[nH+]2)cc1[N+](=O)[O-]. The molecule has 1 aromatic carbocycles. The zero-order valence-electron chi connectivity index (χ0n) is 11.5. The number of hydrogen-bond donors (Lipinski definition) is 1. The van der Waals surface area contributed by atoms with Crippen molar-refractivity contribution < 1.29 is 19.4 Å². The zero-order valence-corrected chi connectivity index (χ0v) is 11.5. The molecular weight excluding hydrogens is 274 g/mol. The maximum atomic E-state index is 12.1. The molecule has 1 aromatic heterocycles. The molecule has 7 nitrogen and oxygen atoms in total. The summed E-state index contributed by atoms with van der Waals surface area (Å²) in [7, 11) is 1.34. The minimum absolute atomic E-state index is 0.110. The molecule has 0 aliphatic carbocycles. The molecule has 0 saturated heterocycles. The van der Waals surface area contributed by atoms with Crippen molar-refractivity contribution in [3.8, 4) is 5.75 Å². The fourth-order valence-corrected chi connectivity index (χ4v) is 1.82. The Kier molecular flexibility index (Phi) is 4.13. The van der Waals surface area contributed by atoms with E-state index in [1.807, 2.05) is 13.0 Å². The first-order chi connectivity index (χ1) is 10.0. The minimum atomic E-state index is -0.589. The highest BCUT2D eigenvalue weighted by molar-refractivity contribution is 6.04. The van der Waals surface area contributed by atoms with Crippen LogP contribution in [0.3, 0.4) is 0 Å². The summed E-state index contributed by atoms with van der Waals surface area (Å²) >= 11 is 0. The molecule has 0 atom stereocenters. The van der Waals surface area contributed by atoms with E-state index >= 15 is 0 Å². The molecule has 108 valence electrons. The Bertz CT molecular complexity index is 700. The molecule has 2 rings (SSSR count). The average molecular weight is 288 g/mol. The molecular formula is C14H14N3O4+. The lowest BCUT2D eigenvalue weighted by Crippen LogP contribution is -2.19. The summed E-state index contributed by atoms with van der Waals surface area (Å²) in [6.07, 6.45) is 1.70. The number of carbonyl (C=O) groups is 1. The fourth-order valence-electron chi connectivity index (χ4n) is 1.82. The van der Waals surface area contributed by atoms with Crippen molar-refractivity contribution in [1.29, 1.82) is 0 Å². The number of nitro groups is 1. The summed E-state index contributed by atoms with van der Waals surface area (Å²) in [4.78, 5) is 25.3. The Balaban J connectivity index is 2.27. The number of aromatic amines is 1. The molecule has 0 unspecified atom stereocenters. The number of amides is 1. The predicted octanol–water partition coefficient (Wildman–Crippen LogP) is 1.98. The van der Waals surface area contributed by atoms with Crippen molar-refractivity contribution in [1.82, 2.24) is 0 Å². The van der Waals surface area contributed by atoms with Crippen LogP contribution in [-0.2, 0) is 0 Å². The molecule has 0 bridgehead atoms. The summed E-state index contributed by atoms with van der Waals surface area (Å²) < 4.78 is 4.90. The van der Waals surface area contributed by atoms with E-state index in [0.717, 1.165) is 5.56 Å². The average Bonchev–Trinajstić information content (AvgIpc) is 2.46. The van der Waals surface area contributed by atoms with Gasteiger partial charge in [-0.3, -0.25) is 10.1 Å². The van der Waals surface area contributed by atoms with Gasteiger partial charge < -0.3 is 4.74 Å². The van der Waals surface area contributed by atoms with E-state index in [4.69, 9.17) is 4.74 Å². The lowest BCUT2D eigenvalue weighted by atomic mass is 10.1. The Labute approximate surface area is 120 Å². The van der Waals surface area contributed by atoms with Gasteiger partial charge in [0.1, 0.15) is 0 Å². The van der Waals surface area contributed by atoms with E-state index in [9.17, 15) is 14.9 Å². The van der Waals surface area contributed by atoms with Crippen LogP contribution in [0.5, 0.6) is 5.75 Å². The highest BCUT2D eigenvalue weighted by Crippen LogP contribution is 2.27. The van der Waals surface area contributed by atoms with Crippen molar-refractivity contribution in [2.45, 2.75) is 6.92 Å². The van der Waals surface area contributed by atoms with Crippen LogP contribution in [-0.4, -0.2) is 17.9 Å². The Morgan fingerprint density at radius 1 is 1.33 bits per heavy atom. The maximum Gasteiger partial charge on any atom is 0.339 e. The van der Waals surface area contributed by atoms with E-state index in [1.165, 1.54) is 25.3 Å². The Morgan fingerprint density at radius 2 is 2.10 bits per heavy atom. The largest absolute Gasteiger partial charge is 0.490 e. The van der Waals surface area contributed by atoms with Crippen LogP contribution in [0.2, 0.25) is 0 Å². The third-order valence-corrected chi connectivity index (χ3v) is 2.84. The smallest absolute Gasteiger partial charge is 0.339 e. The molecule has 0 aliphatic rings. The number of nitrogens with one attached hydrogen (secondary N) is 2. The third kappa shape index (κ3) is 3.33. The number of aryl methyl sites for hydroxylation is 1. The zero-order chi connectivity index (χ0) is 15.4. The third-order valence-electron chi connectivity index (χ3n) is 2.84. The van der Waals surface area contributed by atoms with Crippen LogP contribution in [0.1, 0.15) is 15.9 Å². The van der Waals surface area contributed by atoms with Crippen LogP contribution in [0.25, 0.3) is 0 Å². The number of H-pyrrole nitrogens is 1. The highest BCUT2D eigenvalue weighted by Gasteiger charge is 2.20. The molecule has 0 fully saturated rings. The van der Waals surface area contributed by atoms with Gasteiger partial charge in [-0.2, -0.15) is 0 Å². The predicted molar refractivity (Wildman–Crippen MR) is 75.3 cm³/mol. The first kappa shape index (κ1) is 14.4. The molecule has 2 aromatic rings. The second kappa shape index (κ2) is 6.00. The summed E-state index contributed by atoms with van der Waals surface area (Å²) in [5.41, 5.74) is 0.903. The summed E-state index contributed by atoms with van der Waals surface area (Å²) in [5, 5.41) is 13.6. The first-order valence-corrected chi connectivity index (χ1v) is 6.13. The molecule has 1 heterocycles. The number of pyridine rings is 1. The monoisotopic (exact) mass is 288 g/mol. The van der Waals surface area contributed by atoms with E-state index in [-0.39, 0.29) is 17.0 Å². The molecule has 21 heavy (non-hydrogen) atoms. The van der Waals surface area contributed by atoms with E-state index in [1.54, 1.807) is 12.3 Å². The minimum Gasteiger partial charge on any atom is -0.490 e. The van der Waals surface area contributed by atoms with Gasteiger partial charge in [0, 0.05) is 12.1 Å². The second-order valence-corrected chi connectivity index (χ2v) is 4.38. The number of aromatic nitrogens is 1. The number of nitro benzene ring substituents is 1. The maximum absolute atomic E-state index is 12.1. The lowest BCUT2D eigenvalue weighted by Gasteiger charge is -2.03. The van der Waals surface area contributed by atoms with Crippen LogP contribution in [0.4, 0.5) is 11.5 Å². The van der Waals surface area contributed by atoms with Crippen LogP contribution >= 0.6 is 0 Å². The van der Waals surface area contributed by atoms with Gasteiger partial charge in [-0.1, -0.05) is 0 Å². The summed E-state index contributed by atoms with van der Waals surface area (Å²) in [6, 6.07) is 7.66. The standard InChI is InChI=1S/C14H13N3O4/c1-9-5-6-15-13(7-9)16-14(18)10-3-4-12(21-2)11(8-10)17(19)20/h3-8H,1-2H3,(H,15,16,18)/p+1. The number of methoxy groups -OCH3 is 1. The Hall–Kier alpha value is -2.96. The number of ether oxygens (including phenoxy) is 1. The molecule has 0 aliphatic heterocycles. The molecule has 1 amide bonds. The van der Waals surface area contributed by atoms with Crippen molar-refractivity contribution in [2.24, 2.45) is 0 Å². The summed E-state index contributed by atoms with van der Waals surface area (Å²) in [5.74, 6) is 0.180. The number of benzene rings is 1. The van der Waals surface area contributed by atoms with E-state index in [2.05, 4.69) is 10.3 Å². The van der Waals surface area contributed by atoms with Gasteiger partial charge in [0.05, 0.1) is 23.8 Å². The van der Waals surface area contributed by atoms with Crippen molar-refractivity contribution in [2.75, 3.05) is 12.4 Å². The van der Waals surface area contributed by atoms with Crippen molar-refractivity contribution in [3.63, 3.8) is 0 Å². The molecule has 0 saturated carbocycles. The van der Waals surface area contributed by atoms with Gasteiger partial charge in [-0.25, -0.2) is 15.1 Å². The lowest BCUT2D eigenvalue weighted by molar-refractivity contribution is -0.385. The molecule has 7 heteroatoms. The van der Waals surface area contributed by atoms with Crippen molar-refractivity contribution in [3.05, 3.63) is 57.8 Å². The normalized spacial score (nSPS) is 10.0. The van der Waals surface area contributed by atoms with Gasteiger partial charge >= 0.3 is 11.6 Å². The molecule has 0 spiro atoms. The highest BCUT2D eigenvalue weighted by atomic mass is 16.6. The van der Waals surface area contributed by atoms with Gasteiger partial charge in [0.15, 0.2) is 5.75 Å². The topological polar surface area (TPSA) is 95.6 Å². The van der Waals surface area contributed by atoms with Crippen LogP contribution in [0, 0.1) is 17.0 Å². The number of rotatable bonds is 4. The summed E-state index contributed by atoms with van der Waals surface area (Å²) in [6.45, 7) is 1.89. The van der Waals surface area contributed by atoms with Gasteiger partial charge in [-0.15, -0.1) is 0 Å². The number of carbonyl (C=O) groups excluding carboxylic acids is 1. The molecule has 2 N–H and O–H groups in total. The first-order valence-electron chi connectivity index (χ1n) is 6.13. The van der Waals surface area contributed by atoms with Crippen molar-refractivity contribution >= 4 is 17.4 Å². The number of nitrogens with zero attached hydrogens (tertiary/aromatic N) is 1. The second-order valence-electron chi connectivity index (χ2n) is 4.38. The number of hydrogen-bond acceptors (Lipinski definition) is 4. The van der Waals surface area contributed by atoms with Gasteiger partial charge in [0.2, 0.25) is 0 Å². The van der Waals surface area contributed by atoms with Gasteiger partial charge in [0.25, 0.3) is 5.82 Å². The van der Waals surface area contributed by atoms with Gasteiger partial charge in [-0.05, 0) is 30.7 Å². The quantitative estimate of drug-likeness (QED) is 0.687. The fraction of sp³-hybridized carbons (Fsp3) is 0.143. The van der Waals surface area contributed by atoms with Crippen LogP contribution < -0.4 is 15.0 Å². The van der Waals surface area contributed by atoms with Crippen LogP contribution in [0.15, 0.2) is 36.5 Å². The van der Waals surface area contributed by atoms with E-state index in [0.29, 0.717) is 5.82 Å². The van der Waals surface area contributed by atoms with E-state index < -0.39 is 10.8 Å². The Morgan fingerprint density at radius 3 is 2.71 bits per heavy atom.